The van der Waals surface area contributed by atoms with E-state index in [4.69, 9.17) is 0 Å². The number of fused-ring (bicyclic) bond motifs is 2. The van der Waals surface area contributed by atoms with Gasteiger partial charge >= 0.3 is 0 Å². The van der Waals surface area contributed by atoms with Crippen molar-refractivity contribution in [3.63, 3.8) is 0 Å². The minimum atomic E-state index is -0.265. The van der Waals surface area contributed by atoms with E-state index in [-0.39, 0.29) is 11.5 Å². The highest BCUT2D eigenvalue weighted by Crippen LogP contribution is 2.23. The second-order valence-corrected chi connectivity index (χ2v) is 8.34. The average Bonchev–Trinajstić information content (AvgIpc) is 3.22. The Bertz CT molecular complexity index is 1480. The van der Waals surface area contributed by atoms with Gasteiger partial charge in [-0.05, 0) is 35.9 Å². The van der Waals surface area contributed by atoms with E-state index in [1.165, 1.54) is 15.9 Å². The van der Waals surface area contributed by atoms with Crippen LogP contribution < -0.4 is 10.9 Å². The summed E-state index contributed by atoms with van der Waals surface area (Å²) in [5.41, 5.74) is 2.62. The van der Waals surface area contributed by atoms with Crippen molar-refractivity contribution < 1.29 is 4.79 Å². The maximum absolute atomic E-state index is 13.0. The second kappa shape index (κ2) is 8.24. The van der Waals surface area contributed by atoms with Crippen LogP contribution in [-0.4, -0.2) is 32.5 Å². The van der Waals surface area contributed by atoms with Crippen molar-refractivity contribution in [1.82, 2.24) is 19.5 Å². The van der Waals surface area contributed by atoms with Gasteiger partial charge in [-0.25, -0.2) is 4.98 Å². The molecule has 0 spiro atoms. The van der Waals surface area contributed by atoms with Crippen molar-refractivity contribution >= 4 is 43.9 Å². The Hall–Kier alpha value is -4.04. The van der Waals surface area contributed by atoms with Crippen molar-refractivity contribution in [2.75, 3.05) is 12.4 Å². The van der Waals surface area contributed by atoms with E-state index in [9.17, 15) is 9.59 Å². The first kappa shape index (κ1) is 19.9. The number of nitrogens with zero attached hydrogens (tertiary/aromatic N) is 4. The number of para-hydroxylation sites is 1. The standard InChI is InChI=1S/C24H19N5O2S/c1-28(15-16-8-4-2-5-9-16)21(30)17-12-13-19-20(14-17)26-24-29(22(19)31)27-23(32-24)25-18-10-6-3-7-11-18/h2-14H,15H2,1H3,(H,25,27). The number of hydrogen-bond donors (Lipinski definition) is 1. The molecule has 1 N–H and O–H groups in total. The van der Waals surface area contributed by atoms with Crippen LogP contribution in [0.4, 0.5) is 10.8 Å². The van der Waals surface area contributed by atoms with Gasteiger partial charge in [0, 0.05) is 24.8 Å². The van der Waals surface area contributed by atoms with E-state index in [0.29, 0.717) is 33.1 Å². The first-order valence-corrected chi connectivity index (χ1v) is 10.9. The Morgan fingerprint density at radius 2 is 1.75 bits per heavy atom. The van der Waals surface area contributed by atoms with Gasteiger partial charge in [-0.3, -0.25) is 9.59 Å². The SMILES string of the molecule is CN(Cc1ccccc1)C(=O)c1ccc2c(=O)n3nc(Nc4ccccc4)sc3nc2c1. The molecule has 0 saturated carbocycles. The van der Waals surface area contributed by atoms with Crippen molar-refractivity contribution in [1.29, 1.82) is 0 Å². The van der Waals surface area contributed by atoms with Crippen molar-refractivity contribution in [3.05, 3.63) is 100 Å². The molecular formula is C24H19N5O2S. The van der Waals surface area contributed by atoms with Gasteiger partial charge in [-0.15, -0.1) is 5.10 Å². The first-order valence-electron chi connectivity index (χ1n) is 10.0. The molecule has 0 bridgehead atoms. The van der Waals surface area contributed by atoms with Crippen LogP contribution in [0.3, 0.4) is 0 Å². The summed E-state index contributed by atoms with van der Waals surface area (Å²) in [5.74, 6) is -0.131. The van der Waals surface area contributed by atoms with Crippen LogP contribution in [0.25, 0.3) is 15.9 Å². The molecule has 0 aliphatic heterocycles. The zero-order chi connectivity index (χ0) is 22.1. The number of carbonyl (C=O) groups excluding carboxylic acids is 1. The number of hydrogen-bond acceptors (Lipinski definition) is 6. The van der Waals surface area contributed by atoms with Gasteiger partial charge in [-0.1, -0.05) is 59.9 Å². The molecule has 0 saturated heterocycles. The molecule has 0 aliphatic rings. The highest BCUT2D eigenvalue weighted by Gasteiger charge is 2.16. The molecule has 1 amide bonds. The third-order valence-electron chi connectivity index (χ3n) is 5.08. The monoisotopic (exact) mass is 441 g/mol. The predicted octanol–water partition coefficient (Wildman–Crippen LogP) is 4.32. The molecule has 3 aromatic carbocycles. The van der Waals surface area contributed by atoms with Gasteiger partial charge in [0.05, 0.1) is 10.9 Å². The fraction of sp³-hybridized carbons (Fsp3) is 0.0833. The topological polar surface area (TPSA) is 79.6 Å². The van der Waals surface area contributed by atoms with E-state index in [1.807, 2.05) is 60.7 Å². The maximum Gasteiger partial charge on any atom is 0.283 e. The summed E-state index contributed by atoms with van der Waals surface area (Å²) in [5, 5.41) is 8.54. The van der Waals surface area contributed by atoms with Gasteiger partial charge in [-0.2, -0.15) is 4.52 Å². The highest BCUT2D eigenvalue weighted by atomic mass is 32.1. The summed E-state index contributed by atoms with van der Waals surface area (Å²) in [6.45, 7) is 0.496. The molecule has 32 heavy (non-hydrogen) atoms. The maximum atomic E-state index is 13.0. The zero-order valence-electron chi connectivity index (χ0n) is 17.2. The lowest BCUT2D eigenvalue weighted by Gasteiger charge is -2.17. The Kier molecular flexibility index (Phi) is 5.12. The molecule has 0 fully saturated rings. The predicted molar refractivity (Wildman–Crippen MR) is 127 cm³/mol. The van der Waals surface area contributed by atoms with Gasteiger partial charge in [0.1, 0.15) is 0 Å². The van der Waals surface area contributed by atoms with E-state index >= 15 is 0 Å². The number of rotatable bonds is 5. The third kappa shape index (κ3) is 3.83. The van der Waals surface area contributed by atoms with Gasteiger partial charge < -0.3 is 10.2 Å². The molecular weight excluding hydrogens is 422 g/mol. The molecule has 2 aromatic heterocycles. The first-order chi connectivity index (χ1) is 15.6. The molecule has 5 aromatic rings. The summed E-state index contributed by atoms with van der Waals surface area (Å²) in [4.78, 5) is 32.6. The highest BCUT2D eigenvalue weighted by molar-refractivity contribution is 7.20. The quantitative estimate of drug-likeness (QED) is 0.439. The van der Waals surface area contributed by atoms with Crippen LogP contribution in [0.1, 0.15) is 15.9 Å². The van der Waals surface area contributed by atoms with Crippen LogP contribution in [0.5, 0.6) is 0 Å². The lowest BCUT2D eigenvalue weighted by atomic mass is 10.1. The van der Waals surface area contributed by atoms with Crippen molar-refractivity contribution in [2.24, 2.45) is 0 Å². The molecule has 8 heteroatoms. The zero-order valence-corrected chi connectivity index (χ0v) is 18.0. The molecule has 0 unspecified atom stereocenters. The molecule has 5 rings (SSSR count). The van der Waals surface area contributed by atoms with Gasteiger partial charge in [0.25, 0.3) is 11.5 Å². The fourth-order valence-corrected chi connectivity index (χ4v) is 4.30. The number of aromatic nitrogens is 3. The molecule has 0 radical (unpaired) electrons. The van der Waals surface area contributed by atoms with Crippen molar-refractivity contribution in [3.8, 4) is 0 Å². The number of anilines is 2. The molecule has 0 atom stereocenters. The number of amides is 1. The van der Waals surface area contributed by atoms with E-state index in [0.717, 1.165) is 11.3 Å². The Labute approximate surface area is 187 Å². The number of nitrogens with one attached hydrogen (secondary N) is 1. The Morgan fingerprint density at radius 3 is 2.50 bits per heavy atom. The summed E-state index contributed by atoms with van der Waals surface area (Å²) in [6, 6.07) is 24.4. The molecule has 7 nitrogen and oxygen atoms in total. The lowest BCUT2D eigenvalue weighted by Crippen LogP contribution is -2.26. The van der Waals surface area contributed by atoms with E-state index < -0.39 is 0 Å². The minimum Gasteiger partial charge on any atom is -0.337 e. The lowest BCUT2D eigenvalue weighted by molar-refractivity contribution is 0.0785. The van der Waals surface area contributed by atoms with Gasteiger partial charge in [0.15, 0.2) is 0 Å². The average molecular weight is 442 g/mol. The summed E-state index contributed by atoms with van der Waals surface area (Å²) in [6.07, 6.45) is 0. The Morgan fingerprint density at radius 1 is 1.03 bits per heavy atom. The number of carbonyl (C=O) groups is 1. The minimum absolute atomic E-state index is 0.131. The third-order valence-corrected chi connectivity index (χ3v) is 5.90. The van der Waals surface area contributed by atoms with Crippen LogP contribution in [0.2, 0.25) is 0 Å². The molecule has 0 aliphatic carbocycles. The van der Waals surface area contributed by atoms with E-state index in [2.05, 4.69) is 15.4 Å². The van der Waals surface area contributed by atoms with E-state index in [1.54, 1.807) is 30.1 Å². The van der Waals surface area contributed by atoms with Crippen LogP contribution >= 0.6 is 11.3 Å². The van der Waals surface area contributed by atoms with Crippen molar-refractivity contribution in [2.45, 2.75) is 6.54 Å². The van der Waals surface area contributed by atoms with Crippen LogP contribution in [-0.2, 0) is 6.54 Å². The number of benzene rings is 3. The fourth-order valence-electron chi connectivity index (χ4n) is 3.49. The largest absolute Gasteiger partial charge is 0.337 e. The molecule has 158 valence electrons. The smallest absolute Gasteiger partial charge is 0.283 e. The summed E-state index contributed by atoms with van der Waals surface area (Å²) in [7, 11) is 1.76. The summed E-state index contributed by atoms with van der Waals surface area (Å²) >= 11 is 1.28. The van der Waals surface area contributed by atoms with Gasteiger partial charge in [0.2, 0.25) is 10.1 Å². The normalized spacial score (nSPS) is 11.0. The van der Waals surface area contributed by atoms with Crippen LogP contribution in [0, 0.1) is 0 Å². The second-order valence-electron chi connectivity index (χ2n) is 7.39. The van der Waals surface area contributed by atoms with Crippen LogP contribution in [0.15, 0.2) is 83.7 Å². The molecule has 2 heterocycles. The summed E-state index contributed by atoms with van der Waals surface area (Å²) < 4.78 is 1.29. The Balaban J connectivity index is 1.47.